The van der Waals surface area contributed by atoms with Gasteiger partial charge in [0.05, 0.1) is 18.5 Å². The number of hydrogen-bond acceptors (Lipinski definition) is 6. The van der Waals surface area contributed by atoms with Gasteiger partial charge in [-0.2, -0.15) is 0 Å². The van der Waals surface area contributed by atoms with Crippen LogP contribution in [-0.2, 0) is 16.1 Å². The first-order valence-corrected chi connectivity index (χ1v) is 10.7. The minimum absolute atomic E-state index is 0.0448. The molecule has 0 radical (unpaired) electrons. The number of carbonyl (C=O) groups excluding carboxylic acids is 2. The molecule has 170 valence electrons. The van der Waals surface area contributed by atoms with E-state index in [9.17, 15) is 14.0 Å². The summed E-state index contributed by atoms with van der Waals surface area (Å²) in [7, 11) is 0. The zero-order chi connectivity index (χ0) is 23.2. The van der Waals surface area contributed by atoms with E-state index in [1.165, 1.54) is 12.3 Å². The largest absolute Gasteiger partial charge is 0.482 e. The van der Waals surface area contributed by atoms with Gasteiger partial charge in [-0.3, -0.25) is 9.78 Å². The molecule has 0 unspecified atom stereocenters. The Kier molecular flexibility index (Phi) is 6.95. The predicted molar refractivity (Wildman–Crippen MR) is 121 cm³/mol. The van der Waals surface area contributed by atoms with Crippen molar-refractivity contribution >= 4 is 17.6 Å². The van der Waals surface area contributed by atoms with E-state index in [0.29, 0.717) is 23.8 Å². The number of halogens is 1. The summed E-state index contributed by atoms with van der Waals surface area (Å²) in [6, 6.07) is 13.6. The molecule has 8 heteroatoms. The van der Waals surface area contributed by atoms with Gasteiger partial charge in [0.1, 0.15) is 5.75 Å². The summed E-state index contributed by atoms with van der Waals surface area (Å²) in [4.78, 5) is 28.2. The van der Waals surface area contributed by atoms with E-state index in [1.807, 2.05) is 6.07 Å². The van der Waals surface area contributed by atoms with E-state index in [-0.39, 0.29) is 18.8 Å². The molecule has 0 aliphatic heterocycles. The highest BCUT2D eigenvalue weighted by molar-refractivity contribution is 6.05. The van der Waals surface area contributed by atoms with Gasteiger partial charge < -0.3 is 20.5 Å². The molecule has 1 aromatic heterocycles. The maximum absolute atomic E-state index is 13.9. The summed E-state index contributed by atoms with van der Waals surface area (Å²) in [6.07, 6.45) is 4.64. The minimum Gasteiger partial charge on any atom is -0.482 e. The molecule has 1 saturated carbocycles. The first-order valence-electron chi connectivity index (χ1n) is 10.7. The van der Waals surface area contributed by atoms with Gasteiger partial charge in [0, 0.05) is 18.3 Å². The van der Waals surface area contributed by atoms with Crippen molar-refractivity contribution in [2.75, 3.05) is 18.5 Å². The van der Waals surface area contributed by atoms with Crippen LogP contribution in [0.5, 0.6) is 5.75 Å². The SMILES string of the molecule is NCc1ccc(C(=O)Nc2ccncc2F)cc1-c1cccc(OCC(=O)OCC2CC2)c1. The molecular formula is C25H24FN3O4. The summed E-state index contributed by atoms with van der Waals surface area (Å²) < 4.78 is 24.6. The van der Waals surface area contributed by atoms with Crippen LogP contribution in [0, 0.1) is 11.7 Å². The van der Waals surface area contributed by atoms with Gasteiger partial charge in [0.2, 0.25) is 0 Å². The van der Waals surface area contributed by atoms with Crippen LogP contribution in [0.15, 0.2) is 60.9 Å². The Labute approximate surface area is 190 Å². The van der Waals surface area contributed by atoms with Gasteiger partial charge in [0.25, 0.3) is 5.91 Å². The number of nitrogens with zero attached hydrogens (tertiary/aromatic N) is 1. The first kappa shape index (κ1) is 22.4. The summed E-state index contributed by atoms with van der Waals surface area (Å²) in [5, 5.41) is 2.55. The summed E-state index contributed by atoms with van der Waals surface area (Å²) in [5.41, 5.74) is 8.62. The average molecular weight is 449 g/mol. The fourth-order valence-electron chi connectivity index (χ4n) is 3.27. The lowest BCUT2D eigenvalue weighted by atomic mass is 9.96. The molecule has 1 heterocycles. The highest BCUT2D eigenvalue weighted by atomic mass is 19.1. The molecule has 1 aliphatic rings. The molecule has 1 aliphatic carbocycles. The number of esters is 1. The molecule has 0 bridgehead atoms. The van der Waals surface area contributed by atoms with Gasteiger partial charge in [-0.05, 0) is 65.8 Å². The van der Waals surface area contributed by atoms with E-state index in [1.54, 1.807) is 36.4 Å². The number of pyridine rings is 1. The third kappa shape index (κ3) is 5.93. The first-order chi connectivity index (χ1) is 16.0. The van der Waals surface area contributed by atoms with Crippen molar-refractivity contribution < 1.29 is 23.5 Å². The van der Waals surface area contributed by atoms with Gasteiger partial charge >= 0.3 is 5.97 Å². The van der Waals surface area contributed by atoms with Gasteiger partial charge in [-0.25, -0.2) is 9.18 Å². The number of amides is 1. The van der Waals surface area contributed by atoms with Gasteiger partial charge in [-0.15, -0.1) is 0 Å². The number of anilines is 1. The van der Waals surface area contributed by atoms with Crippen molar-refractivity contribution in [1.82, 2.24) is 4.98 Å². The summed E-state index contributed by atoms with van der Waals surface area (Å²) in [5.74, 6) is -0.503. The van der Waals surface area contributed by atoms with Crippen molar-refractivity contribution in [1.29, 1.82) is 0 Å². The fraction of sp³-hybridized carbons (Fsp3) is 0.240. The van der Waals surface area contributed by atoms with Crippen LogP contribution in [0.2, 0.25) is 0 Å². The molecule has 4 rings (SSSR count). The van der Waals surface area contributed by atoms with E-state index in [0.717, 1.165) is 35.7 Å². The number of benzene rings is 2. The molecule has 33 heavy (non-hydrogen) atoms. The third-order valence-corrected chi connectivity index (χ3v) is 5.29. The summed E-state index contributed by atoms with van der Waals surface area (Å²) >= 11 is 0. The molecule has 0 atom stereocenters. The topological polar surface area (TPSA) is 104 Å². The lowest BCUT2D eigenvalue weighted by Crippen LogP contribution is -2.16. The lowest BCUT2D eigenvalue weighted by Gasteiger charge is -2.13. The van der Waals surface area contributed by atoms with Crippen LogP contribution in [-0.4, -0.2) is 30.1 Å². The molecule has 3 aromatic rings. The predicted octanol–water partition coefficient (Wildman–Crippen LogP) is 3.93. The second-order valence-corrected chi connectivity index (χ2v) is 7.83. The normalized spacial score (nSPS) is 12.8. The molecule has 0 spiro atoms. The minimum atomic E-state index is -0.620. The molecule has 0 saturated heterocycles. The number of carbonyl (C=O) groups is 2. The van der Waals surface area contributed by atoms with Crippen LogP contribution in [0.3, 0.4) is 0 Å². The zero-order valence-electron chi connectivity index (χ0n) is 17.9. The maximum atomic E-state index is 13.9. The molecule has 1 fully saturated rings. The van der Waals surface area contributed by atoms with E-state index in [2.05, 4.69) is 10.3 Å². The fourth-order valence-corrected chi connectivity index (χ4v) is 3.27. The van der Waals surface area contributed by atoms with Crippen molar-refractivity contribution in [3.05, 3.63) is 77.9 Å². The van der Waals surface area contributed by atoms with Crippen molar-refractivity contribution in [2.45, 2.75) is 19.4 Å². The molecule has 3 N–H and O–H groups in total. The third-order valence-electron chi connectivity index (χ3n) is 5.29. The number of ether oxygens (including phenoxy) is 2. The number of aromatic nitrogens is 1. The average Bonchev–Trinajstić information content (AvgIpc) is 3.67. The van der Waals surface area contributed by atoms with Crippen molar-refractivity contribution in [3.63, 3.8) is 0 Å². The van der Waals surface area contributed by atoms with Crippen molar-refractivity contribution in [3.8, 4) is 16.9 Å². The van der Waals surface area contributed by atoms with E-state index >= 15 is 0 Å². The zero-order valence-corrected chi connectivity index (χ0v) is 17.9. The maximum Gasteiger partial charge on any atom is 0.344 e. The Morgan fingerprint density at radius 2 is 2.00 bits per heavy atom. The smallest absolute Gasteiger partial charge is 0.344 e. The highest BCUT2D eigenvalue weighted by Gasteiger charge is 2.23. The molecular weight excluding hydrogens is 425 g/mol. The van der Waals surface area contributed by atoms with Crippen LogP contribution in [0.1, 0.15) is 28.8 Å². The highest BCUT2D eigenvalue weighted by Crippen LogP contribution is 2.30. The van der Waals surface area contributed by atoms with Gasteiger partial charge in [0.15, 0.2) is 12.4 Å². The number of nitrogens with one attached hydrogen (secondary N) is 1. The number of rotatable bonds is 9. The Morgan fingerprint density at radius 1 is 1.15 bits per heavy atom. The Balaban J connectivity index is 1.50. The molecule has 7 nitrogen and oxygen atoms in total. The van der Waals surface area contributed by atoms with Crippen LogP contribution < -0.4 is 15.8 Å². The van der Waals surface area contributed by atoms with E-state index in [4.69, 9.17) is 15.2 Å². The lowest BCUT2D eigenvalue weighted by molar-refractivity contribution is -0.146. The second kappa shape index (κ2) is 10.2. The Bertz CT molecular complexity index is 1160. The Morgan fingerprint density at radius 3 is 2.76 bits per heavy atom. The monoisotopic (exact) mass is 449 g/mol. The van der Waals surface area contributed by atoms with Crippen LogP contribution in [0.4, 0.5) is 10.1 Å². The molecule has 2 aromatic carbocycles. The van der Waals surface area contributed by atoms with Gasteiger partial charge in [-0.1, -0.05) is 18.2 Å². The number of nitrogens with two attached hydrogens (primary N) is 1. The standard InChI is InChI=1S/C25H24FN3O4/c26-22-13-28-9-8-23(22)29-25(31)18-6-7-19(12-27)21(11-18)17-2-1-3-20(10-17)32-15-24(30)33-14-16-4-5-16/h1-3,6-11,13,16H,4-5,12,14-15,27H2,(H,28,29,31). The van der Waals surface area contributed by atoms with Crippen LogP contribution >= 0.6 is 0 Å². The number of hydrogen-bond donors (Lipinski definition) is 2. The van der Waals surface area contributed by atoms with Crippen LogP contribution in [0.25, 0.3) is 11.1 Å². The Hall–Kier alpha value is -3.78. The summed E-state index contributed by atoms with van der Waals surface area (Å²) in [6.45, 7) is 0.523. The molecule has 1 amide bonds. The van der Waals surface area contributed by atoms with Crippen molar-refractivity contribution in [2.24, 2.45) is 11.7 Å². The van der Waals surface area contributed by atoms with E-state index < -0.39 is 17.7 Å². The quantitative estimate of drug-likeness (QED) is 0.480. The second-order valence-electron chi connectivity index (χ2n) is 7.83.